The minimum absolute atomic E-state index is 0.362. The van der Waals surface area contributed by atoms with Crippen LogP contribution in [0.25, 0.3) is 0 Å². The van der Waals surface area contributed by atoms with Crippen molar-refractivity contribution in [2.45, 2.75) is 39.3 Å². The molecule has 0 bridgehead atoms. The van der Waals surface area contributed by atoms with Crippen LogP contribution in [0.2, 0.25) is 0 Å². The number of methoxy groups -OCH3 is 1. The van der Waals surface area contributed by atoms with Crippen LogP contribution in [-0.4, -0.2) is 29.8 Å². The SMILES string of the molecule is CCCNC(C)Cc1nc(COC)no1. The van der Waals surface area contributed by atoms with Crippen molar-refractivity contribution in [1.82, 2.24) is 15.5 Å². The first-order chi connectivity index (χ1) is 7.26. The fraction of sp³-hybridized carbons (Fsp3) is 0.800. The Morgan fingerprint density at radius 3 is 3.00 bits per heavy atom. The Balaban J connectivity index is 2.35. The maximum Gasteiger partial charge on any atom is 0.228 e. The van der Waals surface area contributed by atoms with Crippen LogP contribution in [0, 0.1) is 0 Å². The summed E-state index contributed by atoms with van der Waals surface area (Å²) in [5, 5.41) is 7.16. The van der Waals surface area contributed by atoms with Crippen LogP contribution in [0.3, 0.4) is 0 Å². The van der Waals surface area contributed by atoms with E-state index in [1.54, 1.807) is 7.11 Å². The Labute approximate surface area is 90.2 Å². The summed E-state index contributed by atoms with van der Waals surface area (Å²) in [7, 11) is 1.61. The van der Waals surface area contributed by atoms with Crippen molar-refractivity contribution >= 4 is 0 Å². The Morgan fingerprint density at radius 1 is 1.53 bits per heavy atom. The number of rotatable bonds is 7. The van der Waals surface area contributed by atoms with E-state index in [9.17, 15) is 0 Å². The van der Waals surface area contributed by atoms with Gasteiger partial charge in [-0.05, 0) is 19.9 Å². The fourth-order valence-corrected chi connectivity index (χ4v) is 1.29. The molecule has 86 valence electrons. The van der Waals surface area contributed by atoms with E-state index in [0.717, 1.165) is 19.4 Å². The van der Waals surface area contributed by atoms with Crippen molar-refractivity contribution in [2.75, 3.05) is 13.7 Å². The summed E-state index contributed by atoms with van der Waals surface area (Å²) in [6.45, 7) is 5.67. The molecule has 0 aliphatic rings. The molecule has 0 aliphatic heterocycles. The molecule has 0 amide bonds. The summed E-state index contributed by atoms with van der Waals surface area (Å²) in [6.07, 6.45) is 1.89. The molecule has 1 aromatic rings. The van der Waals surface area contributed by atoms with Gasteiger partial charge in [0, 0.05) is 19.6 Å². The number of nitrogens with one attached hydrogen (secondary N) is 1. The molecule has 0 saturated heterocycles. The van der Waals surface area contributed by atoms with E-state index < -0.39 is 0 Å². The molecule has 0 fully saturated rings. The van der Waals surface area contributed by atoms with Gasteiger partial charge >= 0.3 is 0 Å². The highest BCUT2D eigenvalue weighted by molar-refractivity contribution is 4.87. The van der Waals surface area contributed by atoms with Crippen molar-refractivity contribution in [3.63, 3.8) is 0 Å². The first-order valence-electron chi connectivity index (χ1n) is 5.30. The molecule has 1 N–H and O–H groups in total. The highest BCUT2D eigenvalue weighted by atomic mass is 16.5. The lowest BCUT2D eigenvalue weighted by molar-refractivity contribution is 0.174. The molecule has 5 nitrogen and oxygen atoms in total. The predicted octanol–water partition coefficient (Wildman–Crippen LogP) is 1.15. The molecule has 1 atom stereocenters. The van der Waals surface area contributed by atoms with Gasteiger partial charge in [-0.2, -0.15) is 4.98 Å². The third-order valence-corrected chi connectivity index (χ3v) is 2.01. The van der Waals surface area contributed by atoms with E-state index in [1.807, 2.05) is 0 Å². The Kier molecular flexibility index (Phi) is 5.28. The second kappa shape index (κ2) is 6.53. The lowest BCUT2D eigenvalue weighted by Gasteiger charge is -2.09. The minimum atomic E-state index is 0.362. The van der Waals surface area contributed by atoms with E-state index in [1.165, 1.54) is 0 Å². The normalized spacial score (nSPS) is 13.0. The summed E-state index contributed by atoms with van der Waals surface area (Å²) in [6, 6.07) is 0.362. The molecule has 0 spiro atoms. The zero-order valence-electron chi connectivity index (χ0n) is 9.62. The maximum absolute atomic E-state index is 5.09. The van der Waals surface area contributed by atoms with Gasteiger partial charge in [0.05, 0.1) is 0 Å². The first kappa shape index (κ1) is 12.1. The van der Waals surface area contributed by atoms with Gasteiger partial charge in [-0.1, -0.05) is 12.1 Å². The third-order valence-electron chi connectivity index (χ3n) is 2.01. The molecule has 1 unspecified atom stereocenters. The van der Waals surface area contributed by atoms with E-state index in [0.29, 0.717) is 24.4 Å². The molecule has 0 aliphatic carbocycles. The summed E-state index contributed by atoms with van der Waals surface area (Å²) in [5.74, 6) is 1.27. The topological polar surface area (TPSA) is 60.2 Å². The highest BCUT2D eigenvalue weighted by Gasteiger charge is 2.09. The number of aromatic nitrogens is 2. The van der Waals surface area contributed by atoms with Gasteiger partial charge < -0.3 is 14.6 Å². The van der Waals surface area contributed by atoms with Crippen molar-refractivity contribution < 1.29 is 9.26 Å². The average Bonchev–Trinajstić information content (AvgIpc) is 2.63. The molecule has 15 heavy (non-hydrogen) atoms. The second-order valence-electron chi connectivity index (χ2n) is 3.60. The molecule has 0 saturated carbocycles. The monoisotopic (exact) mass is 213 g/mol. The van der Waals surface area contributed by atoms with Crippen molar-refractivity contribution in [3.8, 4) is 0 Å². The summed E-state index contributed by atoms with van der Waals surface area (Å²) >= 11 is 0. The van der Waals surface area contributed by atoms with Gasteiger partial charge in [-0.25, -0.2) is 0 Å². The standard InChI is InChI=1S/C10H19N3O2/c1-4-5-11-8(2)6-10-12-9(7-14-3)13-15-10/h8,11H,4-7H2,1-3H3. The summed E-state index contributed by atoms with van der Waals surface area (Å²) < 4.78 is 10.00. The van der Waals surface area contributed by atoms with Gasteiger partial charge in [0.25, 0.3) is 0 Å². The van der Waals surface area contributed by atoms with E-state index in [2.05, 4.69) is 29.3 Å². The molecular weight excluding hydrogens is 194 g/mol. The van der Waals surface area contributed by atoms with Gasteiger partial charge in [-0.3, -0.25) is 0 Å². The molecule has 0 aromatic carbocycles. The number of nitrogens with zero attached hydrogens (tertiary/aromatic N) is 2. The number of hydrogen-bond acceptors (Lipinski definition) is 5. The maximum atomic E-state index is 5.09. The smallest absolute Gasteiger partial charge is 0.228 e. The zero-order valence-corrected chi connectivity index (χ0v) is 9.62. The van der Waals surface area contributed by atoms with Crippen molar-refractivity contribution in [3.05, 3.63) is 11.7 Å². The lowest BCUT2D eigenvalue weighted by Crippen LogP contribution is -2.28. The van der Waals surface area contributed by atoms with Crippen molar-refractivity contribution in [2.24, 2.45) is 0 Å². The summed E-state index contributed by atoms with van der Waals surface area (Å²) in [4.78, 5) is 4.21. The molecular formula is C10H19N3O2. The third kappa shape index (κ3) is 4.40. The van der Waals surface area contributed by atoms with Gasteiger partial charge in [-0.15, -0.1) is 0 Å². The quantitative estimate of drug-likeness (QED) is 0.736. The Morgan fingerprint density at radius 2 is 2.33 bits per heavy atom. The van der Waals surface area contributed by atoms with Crippen LogP contribution >= 0.6 is 0 Å². The van der Waals surface area contributed by atoms with Crippen LogP contribution in [0.4, 0.5) is 0 Å². The van der Waals surface area contributed by atoms with E-state index >= 15 is 0 Å². The van der Waals surface area contributed by atoms with Crippen molar-refractivity contribution in [1.29, 1.82) is 0 Å². The molecule has 1 heterocycles. The molecule has 1 aromatic heterocycles. The van der Waals surface area contributed by atoms with Crippen LogP contribution in [-0.2, 0) is 17.8 Å². The molecule has 5 heteroatoms. The predicted molar refractivity (Wildman–Crippen MR) is 56.5 cm³/mol. The first-order valence-corrected chi connectivity index (χ1v) is 5.30. The van der Waals surface area contributed by atoms with Crippen LogP contribution in [0.5, 0.6) is 0 Å². The van der Waals surface area contributed by atoms with E-state index in [4.69, 9.17) is 9.26 Å². The molecule has 0 radical (unpaired) electrons. The van der Waals surface area contributed by atoms with Gasteiger partial charge in [0.15, 0.2) is 5.82 Å². The largest absolute Gasteiger partial charge is 0.377 e. The highest BCUT2D eigenvalue weighted by Crippen LogP contribution is 2.02. The summed E-state index contributed by atoms with van der Waals surface area (Å²) in [5.41, 5.74) is 0. The lowest BCUT2D eigenvalue weighted by atomic mass is 10.2. The number of ether oxygens (including phenoxy) is 1. The second-order valence-corrected chi connectivity index (χ2v) is 3.60. The van der Waals surface area contributed by atoms with Gasteiger partial charge in [0.2, 0.25) is 5.89 Å². The molecule has 1 rings (SSSR count). The minimum Gasteiger partial charge on any atom is -0.377 e. The van der Waals surface area contributed by atoms with Gasteiger partial charge in [0.1, 0.15) is 6.61 Å². The van der Waals surface area contributed by atoms with E-state index in [-0.39, 0.29) is 0 Å². The fourth-order valence-electron chi connectivity index (χ4n) is 1.29. The van der Waals surface area contributed by atoms with Crippen LogP contribution in [0.1, 0.15) is 32.0 Å². The zero-order chi connectivity index (χ0) is 11.1. The average molecular weight is 213 g/mol. The van der Waals surface area contributed by atoms with Crippen LogP contribution in [0.15, 0.2) is 4.52 Å². The number of hydrogen-bond donors (Lipinski definition) is 1. The Hall–Kier alpha value is -0.940. The van der Waals surface area contributed by atoms with Crippen LogP contribution < -0.4 is 5.32 Å². The Bertz CT molecular complexity index is 275.